The number of methoxy groups -OCH3 is 1. The zero-order valence-electron chi connectivity index (χ0n) is 10.3. The van der Waals surface area contributed by atoms with Crippen LogP contribution in [0.15, 0.2) is 24.3 Å². The second kappa shape index (κ2) is 5.54. The highest BCUT2D eigenvalue weighted by atomic mass is 16.5. The molecule has 4 heteroatoms. The fraction of sp³-hybridized carbons (Fsp3) is 0.429. The number of nitriles is 1. The van der Waals surface area contributed by atoms with E-state index in [1.807, 2.05) is 24.3 Å². The number of rotatable bonds is 5. The Hall–Kier alpha value is -2.02. The minimum Gasteiger partial charge on any atom is -0.497 e. The molecule has 4 nitrogen and oxygen atoms in total. The molecule has 1 N–H and O–H groups in total. The monoisotopic (exact) mass is 244 g/mol. The van der Waals surface area contributed by atoms with Gasteiger partial charge in [-0.2, -0.15) is 5.26 Å². The lowest BCUT2D eigenvalue weighted by atomic mass is 10.00. The minimum atomic E-state index is -0.612. The van der Waals surface area contributed by atoms with Gasteiger partial charge >= 0.3 is 0 Å². The number of carbonyl (C=O) groups excluding carboxylic acids is 1. The van der Waals surface area contributed by atoms with E-state index in [2.05, 4.69) is 11.4 Å². The van der Waals surface area contributed by atoms with Gasteiger partial charge in [0.05, 0.1) is 13.2 Å². The standard InChI is InChI=1S/C14H16N2O2/c1-18-13-6-2-10(3-7-13)8-11(9-15)14(17)16-12-4-5-12/h2-3,6-7,11-12H,4-5,8H2,1H3,(H,16,17). The Balaban J connectivity index is 1.95. The summed E-state index contributed by atoms with van der Waals surface area (Å²) >= 11 is 0. The van der Waals surface area contributed by atoms with Gasteiger partial charge in [0, 0.05) is 6.04 Å². The van der Waals surface area contributed by atoms with E-state index in [-0.39, 0.29) is 5.91 Å². The first-order valence-electron chi connectivity index (χ1n) is 6.06. The molecule has 18 heavy (non-hydrogen) atoms. The quantitative estimate of drug-likeness (QED) is 0.856. The van der Waals surface area contributed by atoms with Crippen molar-refractivity contribution in [1.82, 2.24) is 5.32 Å². The van der Waals surface area contributed by atoms with Crippen molar-refractivity contribution in [1.29, 1.82) is 5.26 Å². The largest absolute Gasteiger partial charge is 0.497 e. The molecule has 1 unspecified atom stereocenters. The molecule has 2 rings (SSSR count). The smallest absolute Gasteiger partial charge is 0.237 e. The highest BCUT2D eigenvalue weighted by molar-refractivity contribution is 5.81. The molecule has 0 radical (unpaired) electrons. The molecular weight excluding hydrogens is 228 g/mol. The summed E-state index contributed by atoms with van der Waals surface area (Å²) in [7, 11) is 1.61. The Morgan fingerprint density at radius 3 is 2.67 bits per heavy atom. The molecule has 0 aliphatic heterocycles. The van der Waals surface area contributed by atoms with Gasteiger partial charge in [0.2, 0.25) is 5.91 Å². The summed E-state index contributed by atoms with van der Waals surface area (Å²) in [5, 5.41) is 11.9. The van der Waals surface area contributed by atoms with Gasteiger partial charge in [0.25, 0.3) is 0 Å². The zero-order valence-corrected chi connectivity index (χ0v) is 10.3. The van der Waals surface area contributed by atoms with Crippen LogP contribution in [0.2, 0.25) is 0 Å². The maximum absolute atomic E-state index is 11.8. The van der Waals surface area contributed by atoms with Crippen LogP contribution >= 0.6 is 0 Å². The van der Waals surface area contributed by atoms with Gasteiger partial charge in [-0.15, -0.1) is 0 Å². The van der Waals surface area contributed by atoms with Crippen LogP contribution in [0.1, 0.15) is 18.4 Å². The fourth-order valence-corrected chi connectivity index (χ4v) is 1.72. The lowest BCUT2D eigenvalue weighted by molar-refractivity contribution is -0.123. The molecule has 1 aliphatic carbocycles. The number of ether oxygens (including phenoxy) is 1. The molecule has 1 aromatic rings. The van der Waals surface area contributed by atoms with Crippen molar-refractivity contribution in [3.05, 3.63) is 29.8 Å². The number of carbonyl (C=O) groups is 1. The Kier molecular flexibility index (Phi) is 3.83. The summed E-state index contributed by atoms with van der Waals surface area (Å²) in [6, 6.07) is 9.80. The van der Waals surface area contributed by atoms with Crippen molar-refractivity contribution in [3.8, 4) is 11.8 Å². The summed E-state index contributed by atoms with van der Waals surface area (Å²) in [5.41, 5.74) is 0.966. The summed E-state index contributed by atoms with van der Waals surface area (Å²) in [6.45, 7) is 0. The van der Waals surface area contributed by atoms with Crippen LogP contribution in [0.5, 0.6) is 5.75 Å². The maximum Gasteiger partial charge on any atom is 0.237 e. The van der Waals surface area contributed by atoms with E-state index in [1.165, 1.54) is 0 Å². The number of amides is 1. The third-order valence-corrected chi connectivity index (χ3v) is 2.99. The normalized spacial score (nSPS) is 15.6. The molecule has 0 saturated heterocycles. The van der Waals surface area contributed by atoms with Crippen molar-refractivity contribution in [2.24, 2.45) is 5.92 Å². The molecule has 0 aromatic heterocycles. The predicted octanol–water partition coefficient (Wildman–Crippen LogP) is 1.66. The van der Waals surface area contributed by atoms with E-state index in [4.69, 9.17) is 10.00 Å². The van der Waals surface area contributed by atoms with Gasteiger partial charge in [-0.25, -0.2) is 0 Å². The van der Waals surface area contributed by atoms with Crippen LogP contribution in [0.3, 0.4) is 0 Å². The molecule has 1 amide bonds. The second-order valence-corrected chi connectivity index (χ2v) is 4.52. The van der Waals surface area contributed by atoms with Gasteiger partial charge in [-0.3, -0.25) is 4.79 Å². The number of hydrogen-bond donors (Lipinski definition) is 1. The summed E-state index contributed by atoms with van der Waals surface area (Å²) < 4.78 is 5.06. The first-order chi connectivity index (χ1) is 8.72. The number of nitrogens with zero attached hydrogens (tertiary/aromatic N) is 1. The molecule has 1 saturated carbocycles. The van der Waals surface area contributed by atoms with Gasteiger partial charge in [0.15, 0.2) is 0 Å². The third kappa shape index (κ3) is 3.24. The number of nitrogens with one attached hydrogen (secondary N) is 1. The summed E-state index contributed by atoms with van der Waals surface area (Å²) in [4.78, 5) is 11.8. The van der Waals surface area contributed by atoms with Gasteiger partial charge in [0.1, 0.15) is 11.7 Å². The Morgan fingerprint density at radius 1 is 1.50 bits per heavy atom. The van der Waals surface area contributed by atoms with Crippen LogP contribution in [-0.4, -0.2) is 19.1 Å². The molecule has 1 aromatic carbocycles. The SMILES string of the molecule is COc1ccc(CC(C#N)C(=O)NC2CC2)cc1. The van der Waals surface area contributed by atoms with E-state index in [0.29, 0.717) is 12.5 Å². The van der Waals surface area contributed by atoms with E-state index >= 15 is 0 Å². The fourth-order valence-electron chi connectivity index (χ4n) is 1.72. The van der Waals surface area contributed by atoms with Crippen molar-refractivity contribution < 1.29 is 9.53 Å². The van der Waals surface area contributed by atoms with Crippen LogP contribution in [0, 0.1) is 17.2 Å². The zero-order chi connectivity index (χ0) is 13.0. The molecule has 0 heterocycles. The topological polar surface area (TPSA) is 62.1 Å². The first-order valence-corrected chi connectivity index (χ1v) is 6.06. The molecular formula is C14H16N2O2. The van der Waals surface area contributed by atoms with Crippen molar-refractivity contribution in [3.63, 3.8) is 0 Å². The molecule has 1 fully saturated rings. The van der Waals surface area contributed by atoms with Crippen molar-refractivity contribution in [2.75, 3.05) is 7.11 Å². The maximum atomic E-state index is 11.8. The molecule has 94 valence electrons. The Morgan fingerprint density at radius 2 is 2.17 bits per heavy atom. The van der Waals surface area contributed by atoms with Crippen LogP contribution in [0.25, 0.3) is 0 Å². The molecule has 1 atom stereocenters. The lowest BCUT2D eigenvalue weighted by Crippen LogP contribution is -2.32. The second-order valence-electron chi connectivity index (χ2n) is 4.52. The van der Waals surface area contributed by atoms with E-state index in [0.717, 1.165) is 24.2 Å². The highest BCUT2D eigenvalue weighted by Gasteiger charge is 2.27. The number of hydrogen-bond acceptors (Lipinski definition) is 3. The van der Waals surface area contributed by atoms with Gasteiger partial charge in [-0.1, -0.05) is 12.1 Å². The Bertz CT molecular complexity index is 458. The van der Waals surface area contributed by atoms with Crippen LogP contribution in [-0.2, 0) is 11.2 Å². The van der Waals surface area contributed by atoms with E-state index in [1.54, 1.807) is 7.11 Å². The number of benzene rings is 1. The van der Waals surface area contributed by atoms with Gasteiger partial charge < -0.3 is 10.1 Å². The molecule has 1 aliphatic rings. The summed E-state index contributed by atoms with van der Waals surface area (Å²) in [6.07, 6.45) is 2.51. The van der Waals surface area contributed by atoms with Crippen LogP contribution in [0.4, 0.5) is 0 Å². The van der Waals surface area contributed by atoms with Crippen molar-refractivity contribution in [2.45, 2.75) is 25.3 Å². The lowest BCUT2D eigenvalue weighted by Gasteiger charge is -2.10. The molecule has 0 spiro atoms. The minimum absolute atomic E-state index is 0.157. The van der Waals surface area contributed by atoms with Gasteiger partial charge in [-0.05, 0) is 37.0 Å². The van der Waals surface area contributed by atoms with E-state index < -0.39 is 5.92 Å². The Labute approximate surface area is 107 Å². The van der Waals surface area contributed by atoms with Crippen molar-refractivity contribution >= 4 is 5.91 Å². The highest BCUT2D eigenvalue weighted by Crippen LogP contribution is 2.20. The average molecular weight is 244 g/mol. The predicted molar refractivity (Wildman–Crippen MR) is 67.0 cm³/mol. The summed E-state index contributed by atoms with van der Waals surface area (Å²) in [5.74, 6) is 0.00417. The van der Waals surface area contributed by atoms with E-state index in [9.17, 15) is 4.79 Å². The first kappa shape index (κ1) is 12.4. The molecule has 0 bridgehead atoms. The average Bonchev–Trinajstić information content (AvgIpc) is 3.20. The third-order valence-electron chi connectivity index (χ3n) is 2.99. The van der Waals surface area contributed by atoms with Crippen LogP contribution < -0.4 is 10.1 Å².